The maximum absolute atomic E-state index is 5.52. The van der Waals surface area contributed by atoms with E-state index in [0.717, 1.165) is 37.0 Å². The third-order valence-electron chi connectivity index (χ3n) is 4.82. The largest absolute Gasteiger partial charge is 0.490 e. The Bertz CT molecular complexity index is 817. The number of benzene rings is 2. The van der Waals surface area contributed by atoms with Gasteiger partial charge < -0.3 is 4.74 Å². The summed E-state index contributed by atoms with van der Waals surface area (Å²) >= 11 is 0. The lowest BCUT2D eigenvalue weighted by Crippen LogP contribution is -2.11. The van der Waals surface area contributed by atoms with Crippen molar-refractivity contribution < 1.29 is 4.74 Å². The number of rotatable bonds is 4. The van der Waals surface area contributed by atoms with Crippen LogP contribution in [0.3, 0.4) is 0 Å². The lowest BCUT2D eigenvalue weighted by atomic mass is 9.83. The van der Waals surface area contributed by atoms with Gasteiger partial charge in [-0.05, 0) is 61.1 Å². The first-order valence-corrected chi connectivity index (χ1v) is 9.20. The van der Waals surface area contributed by atoms with Crippen molar-refractivity contribution in [3.63, 3.8) is 0 Å². The Labute approximate surface area is 157 Å². The first-order valence-electron chi connectivity index (χ1n) is 9.20. The van der Waals surface area contributed by atoms with Gasteiger partial charge in [-0.1, -0.05) is 48.8 Å². The molecule has 130 valence electrons. The predicted octanol–water partition coefficient (Wildman–Crippen LogP) is 5.71. The monoisotopic (exact) mass is 340 g/mol. The predicted molar refractivity (Wildman–Crippen MR) is 109 cm³/mol. The SMILES string of the molecule is C#C[C@H]1CC[C@H](C#Cc2ccc(-c3ccc(OCC=C)cc3)cc2)CC1. The maximum atomic E-state index is 5.52. The molecule has 1 nitrogen and oxygen atoms in total. The minimum atomic E-state index is 0.459. The Kier molecular flexibility index (Phi) is 6.19. The molecule has 1 heteroatoms. The third kappa shape index (κ3) is 4.81. The minimum absolute atomic E-state index is 0.459. The van der Waals surface area contributed by atoms with Crippen LogP contribution in [-0.2, 0) is 0 Å². The summed E-state index contributed by atoms with van der Waals surface area (Å²) in [4.78, 5) is 0. The van der Waals surface area contributed by atoms with Gasteiger partial charge in [0.2, 0.25) is 0 Å². The van der Waals surface area contributed by atoms with Gasteiger partial charge in [0, 0.05) is 17.4 Å². The lowest BCUT2D eigenvalue weighted by molar-refractivity contribution is 0.363. The molecule has 26 heavy (non-hydrogen) atoms. The second-order valence-corrected chi connectivity index (χ2v) is 6.69. The van der Waals surface area contributed by atoms with Gasteiger partial charge in [0.25, 0.3) is 0 Å². The average Bonchev–Trinajstić information content (AvgIpc) is 2.72. The molecular formula is C25H24O. The van der Waals surface area contributed by atoms with E-state index in [1.54, 1.807) is 6.08 Å². The van der Waals surface area contributed by atoms with Gasteiger partial charge in [-0.3, -0.25) is 0 Å². The zero-order valence-corrected chi connectivity index (χ0v) is 15.1. The summed E-state index contributed by atoms with van der Waals surface area (Å²) in [7, 11) is 0. The highest BCUT2D eigenvalue weighted by atomic mass is 16.5. The van der Waals surface area contributed by atoms with Gasteiger partial charge in [-0.2, -0.15) is 0 Å². The van der Waals surface area contributed by atoms with Gasteiger partial charge in [0.15, 0.2) is 0 Å². The van der Waals surface area contributed by atoms with E-state index >= 15 is 0 Å². The van der Waals surface area contributed by atoms with E-state index in [-0.39, 0.29) is 0 Å². The topological polar surface area (TPSA) is 9.23 Å². The van der Waals surface area contributed by atoms with Gasteiger partial charge in [0.1, 0.15) is 12.4 Å². The molecule has 0 amide bonds. The molecule has 1 aliphatic rings. The quantitative estimate of drug-likeness (QED) is 0.512. The van der Waals surface area contributed by atoms with E-state index in [1.165, 1.54) is 11.1 Å². The summed E-state index contributed by atoms with van der Waals surface area (Å²) in [5.74, 6) is 11.4. The van der Waals surface area contributed by atoms with Crippen LogP contribution >= 0.6 is 0 Å². The summed E-state index contributed by atoms with van der Waals surface area (Å²) in [5.41, 5.74) is 3.42. The fourth-order valence-electron chi connectivity index (χ4n) is 3.23. The molecule has 0 aromatic heterocycles. The van der Waals surface area contributed by atoms with Crippen LogP contribution in [-0.4, -0.2) is 6.61 Å². The molecule has 0 N–H and O–H groups in total. The van der Waals surface area contributed by atoms with E-state index in [1.807, 2.05) is 12.1 Å². The summed E-state index contributed by atoms with van der Waals surface area (Å²) in [6.07, 6.45) is 11.7. The highest BCUT2D eigenvalue weighted by Gasteiger charge is 2.17. The minimum Gasteiger partial charge on any atom is -0.490 e. The van der Waals surface area contributed by atoms with Crippen molar-refractivity contribution in [3.05, 3.63) is 66.7 Å². The summed E-state index contributed by atoms with van der Waals surface area (Å²) in [5, 5.41) is 0. The van der Waals surface area contributed by atoms with Crippen molar-refractivity contribution in [3.8, 4) is 41.1 Å². The van der Waals surface area contributed by atoms with E-state index in [2.05, 4.69) is 60.7 Å². The molecule has 1 aliphatic carbocycles. The molecule has 0 heterocycles. The molecule has 0 bridgehead atoms. The van der Waals surface area contributed by atoms with Crippen molar-refractivity contribution in [2.75, 3.05) is 6.61 Å². The van der Waals surface area contributed by atoms with E-state index in [9.17, 15) is 0 Å². The first-order chi connectivity index (χ1) is 12.8. The van der Waals surface area contributed by atoms with Crippen LogP contribution in [0.25, 0.3) is 11.1 Å². The van der Waals surface area contributed by atoms with E-state index < -0.39 is 0 Å². The number of hydrogen-bond donors (Lipinski definition) is 0. The number of ether oxygens (including phenoxy) is 1. The number of hydrogen-bond acceptors (Lipinski definition) is 1. The molecule has 1 fully saturated rings. The van der Waals surface area contributed by atoms with Crippen molar-refractivity contribution in [1.82, 2.24) is 0 Å². The number of terminal acetylenes is 1. The standard InChI is InChI=1S/C25H24O/c1-3-19-26-25-17-15-24(16-18-25)23-13-11-22(12-14-23)10-9-21-7-5-20(4-2)6-8-21/h2-3,11-18,20-21H,1,5-8,19H2/t20-,21-. The molecule has 3 rings (SSSR count). The van der Waals surface area contributed by atoms with Crippen LogP contribution in [0.5, 0.6) is 5.75 Å². The van der Waals surface area contributed by atoms with Crippen LogP contribution in [0.15, 0.2) is 61.2 Å². The fraction of sp³-hybridized carbons (Fsp3) is 0.280. The molecule has 0 aliphatic heterocycles. The van der Waals surface area contributed by atoms with Crippen LogP contribution < -0.4 is 4.74 Å². The molecule has 0 radical (unpaired) electrons. The second-order valence-electron chi connectivity index (χ2n) is 6.69. The Hall–Kier alpha value is -2.90. The van der Waals surface area contributed by atoms with E-state index in [0.29, 0.717) is 18.4 Å². The van der Waals surface area contributed by atoms with Crippen molar-refractivity contribution in [2.45, 2.75) is 25.7 Å². The Morgan fingerprint density at radius 3 is 2.08 bits per heavy atom. The molecule has 0 unspecified atom stereocenters. The first kappa shape index (κ1) is 17.9. The maximum Gasteiger partial charge on any atom is 0.119 e. The van der Waals surface area contributed by atoms with Crippen LogP contribution in [0.1, 0.15) is 31.2 Å². The molecule has 0 saturated heterocycles. The molecule has 2 aromatic rings. The Balaban J connectivity index is 1.61. The molecule has 0 atom stereocenters. The Morgan fingerprint density at radius 2 is 1.50 bits per heavy atom. The smallest absolute Gasteiger partial charge is 0.119 e. The molecule has 2 aromatic carbocycles. The van der Waals surface area contributed by atoms with Crippen LogP contribution in [0.2, 0.25) is 0 Å². The second kappa shape index (κ2) is 8.98. The van der Waals surface area contributed by atoms with Crippen molar-refractivity contribution in [2.24, 2.45) is 11.8 Å². The fourth-order valence-corrected chi connectivity index (χ4v) is 3.23. The Morgan fingerprint density at radius 1 is 0.923 bits per heavy atom. The highest BCUT2D eigenvalue weighted by Crippen LogP contribution is 2.28. The van der Waals surface area contributed by atoms with Gasteiger partial charge >= 0.3 is 0 Å². The summed E-state index contributed by atoms with van der Waals surface area (Å²) in [6, 6.07) is 16.6. The van der Waals surface area contributed by atoms with E-state index in [4.69, 9.17) is 11.2 Å². The highest BCUT2D eigenvalue weighted by molar-refractivity contribution is 5.65. The van der Waals surface area contributed by atoms with Gasteiger partial charge in [0.05, 0.1) is 0 Å². The zero-order chi connectivity index (χ0) is 18.2. The molecular weight excluding hydrogens is 316 g/mol. The average molecular weight is 340 g/mol. The van der Waals surface area contributed by atoms with Crippen molar-refractivity contribution >= 4 is 0 Å². The van der Waals surface area contributed by atoms with Gasteiger partial charge in [-0.15, -0.1) is 12.3 Å². The third-order valence-corrected chi connectivity index (χ3v) is 4.82. The zero-order valence-electron chi connectivity index (χ0n) is 15.1. The van der Waals surface area contributed by atoms with Crippen LogP contribution in [0.4, 0.5) is 0 Å². The van der Waals surface area contributed by atoms with Crippen molar-refractivity contribution in [1.29, 1.82) is 0 Å². The van der Waals surface area contributed by atoms with Crippen LogP contribution in [0, 0.1) is 36.0 Å². The lowest BCUT2D eigenvalue weighted by Gasteiger charge is -2.21. The summed E-state index contributed by atoms with van der Waals surface area (Å²) < 4.78 is 5.52. The van der Waals surface area contributed by atoms with Gasteiger partial charge in [-0.25, -0.2) is 0 Å². The molecule has 0 spiro atoms. The molecule has 1 saturated carbocycles. The summed E-state index contributed by atoms with van der Waals surface area (Å²) in [6.45, 7) is 4.18. The normalized spacial score (nSPS) is 18.9.